The Bertz CT molecular complexity index is 2450. The number of nitrogens with zero attached hydrogens (tertiary/aromatic N) is 6. The highest BCUT2D eigenvalue weighted by atomic mass is 16.3. The van der Waals surface area contributed by atoms with Crippen LogP contribution in [0.15, 0.2) is 91.0 Å². The Morgan fingerprint density at radius 1 is 0.632 bits per heavy atom. The molecule has 3 amide bonds. The van der Waals surface area contributed by atoms with E-state index in [-0.39, 0.29) is 30.1 Å². The first-order valence-electron chi connectivity index (χ1n) is 26.2. The molecule has 4 aromatic rings. The summed E-state index contributed by atoms with van der Waals surface area (Å²) in [7, 11) is 0. The van der Waals surface area contributed by atoms with Gasteiger partial charge in [0.05, 0.1) is 0 Å². The lowest BCUT2D eigenvalue weighted by molar-refractivity contribution is -0.136. The summed E-state index contributed by atoms with van der Waals surface area (Å²) in [5, 5.41) is 12.7. The summed E-state index contributed by atoms with van der Waals surface area (Å²) < 4.78 is 0. The van der Waals surface area contributed by atoms with Gasteiger partial charge in [-0.3, -0.25) is 29.5 Å². The maximum absolute atomic E-state index is 13.3. The quantitative estimate of drug-likeness (QED) is 0.156. The van der Waals surface area contributed by atoms with Crippen molar-refractivity contribution in [2.45, 2.75) is 108 Å². The van der Waals surface area contributed by atoms with Crippen LogP contribution in [0.25, 0.3) is 0 Å². The predicted molar refractivity (Wildman–Crippen MR) is 268 cm³/mol. The second kappa shape index (κ2) is 19.6. The number of carbonyl (C=O) groups excluding carboxylic acids is 3. The first kappa shape index (κ1) is 45.2. The van der Waals surface area contributed by atoms with Gasteiger partial charge in [-0.2, -0.15) is 0 Å². The van der Waals surface area contributed by atoms with Crippen LogP contribution < -0.4 is 15.1 Å². The smallest absolute Gasteiger partial charge is 0.255 e. The molecule has 7 aliphatic rings. The molecule has 11 heteroatoms. The zero-order chi connectivity index (χ0) is 46.3. The number of phenols is 1. The molecule has 358 valence electrons. The number of aromatic hydroxyl groups is 1. The van der Waals surface area contributed by atoms with Gasteiger partial charge < -0.3 is 24.7 Å². The summed E-state index contributed by atoms with van der Waals surface area (Å²) in [6.45, 7) is 15.1. The lowest BCUT2D eigenvalue weighted by Gasteiger charge is -2.48. The first-order valence-corrected chi connectivity index (χ1v) is 26.2. The average Bonchev–Trinajstić information content (AvgIpc) is 3.69. The number of piperidine rings is 2. The number of phenolic OH excluding ortho intramolecular Hbond substituents is 1. The molecule has 4 aromatic carbocycles. The highest BCUT2D eigenvalue weighted by molar-refractivity contribution is 6.05. The minimum absolute atomic E-state index is 0.108. The number of anilines is 2. The number of carbonyl (C=O) groups is 3. The number of benzene rings is 4. The summed E-state index contributed by atoms with van der Waals surface area (Å²) in [5.74, 6) is 1.85. The maximum atomic E-state index is 13.3. The van der Waals surface area contributed by atoms with Gasteiger partial charge in [0, 0.05) is 120 Å². The van der Waals surface area contributed by atoms with Crippen LogP contribution in [0, 0.1) is 11.8 Å². The second-order valence-electron chi connectivity index (χ2n) is 21.4. The van der Waals surface area contributed by atoms with Gasteiger partial charge >= 0.3 is 0 Å². The van der Waals surface area contributed by atoms with E-state index < -0.39 is 6.04 Å². The standard InChI is InChI=1S/C57H71N7O4/c1-39-35-60(37-44-10-6-5-9-43(44)36-59-27-30-62(31-28-59)48-16-19-52-45(33-48)38-64(57(52)68)53-21-22-54(66)58-56(53)67)29-32-63(39)47-23-25-61(26-24-47)46-14-11-41(12-15-46)55-50(40-7-3-2-4-8-40)18-13-42-34-49(65)17-20-51(42)55/h2-4,7-8,11-12,14-17,19-20,33-34,39,43-44,47,50,53,55,65H,5-6,9-10,13,18,21-32,35-38H2,1H3,(H,58,66,67)/t39-,43-,44-,50+,53?,55-/m0/s1. The Morgan fingerprint density at radius 2 is 1.34 bits per heavy atom. The van der Waals surface area contributed by atoms with Crippen molar-refractivity contribution in [2.75, 3.05) is 81.8 Å². The van der Waals surface area contributed by atoms with Crippen LogP contribution in [-0.2, 0) is 22.6 Å². The van der Waals surface area contributed by atoms with Crippen molar-refractivity contribution < 1.29 is 19.5 Å². The van der Waals surface area contributed by atoms with E-state index in [9.17, 15) is 19.5 Å². The fourth-order valence-electron chi connectivity index (χ4n) is 13.8. The van der Waals surface area contributed by atoms with Crippen LogP contribution in [0.3, 0.4) is 0 Å². The summed E-state index contributed by atoms with van der Waals surface area (Å²) in [6, 6.07) is 33.3. The van der Waals surface area contributed by atoms with Gasteiger partial charge in [0.2, 0.25) is 11.8 Å². The molecule has 11 nitrogen and oxygen atoms in total. The number of hydrogen-bond donors (Lipinski definition) is 2. The summed E-state index contributed by atoms with van der Waals surface area (Å²) in [4.78, 5) is 52.7. The van der Waals surface area contributed by atoms with E-state index >= 15 is 0 Å². The van der Waals surface area contributed by atoms with Crippen LogP contribution in [0.5, 0.6) is 5.75 Å². The minimum Gasteiger partial charge on any atom is -0.508 e. The fraction of sp³-hybridized carbons (Fsp3) is 0.526. The zero-order valence-electron chi connectivity index (χ0n) is 40.1. The monoisotopic (exact) mass is 918 g/mol. The molecule has 5 heterocycles. The van der Waals surface area contributed by atoms with Gasteiger partial charge in [-0.25, -0.2) is 0 Å². The molecule has 11 rings (SSSR count). The molecule has 0 spiro atoms. The van der Waals surface area contributed by atoms with Crippen LogP contribution in [0.2, 0.25) is 0 Å². The van der Waals surface area contributed by atoms with Crippen molar-refractivity contribution in [2.24, 2.45) is 11.8 Å². The molecule has 0 aromatic heterocycles. The lowest BCUT2D eigenvalue weighted by atomic mass is 9.69. The van der Waals surface area contributed by atoms with E-state index in [1.54, 1.807) is 4.90 Å². The van der Waals surface area contributed by atoms with Crippen LogP contribution in [-0.4, -0.2) is 133 Å². The number of hydrogen-bond acceptors (Lipinski definition) is 9. The highest BCUT2D eigenvalue weighted by Crippen LogP contribution is 2.47. The molecule has 2 N–H and O–H groups in total. The molecule has 1 saturated carbocycles. The molecule has 0 bridgehead atoms. The van der Waals surface area contributed by atoms with E-state index in [4.69, 9.17) is 0 Å². The maximum Gasteiger partial charge on any atom is 0.255 e. The molecular weight excluding hydrogens is 847 g/mol. The van der Waals surface area contributed by atoms with Crippen molar-refractivity contribution in [3.63, 3.8) is 0 Å². The SMILES string of the molecule is C[C@H]1CN(C[C@@H]2CCCC[C@H]2CN2CCN(c3ccc4c(c3)CN(C3CCC(=O)NC3=O)C4=O)CC2)CCN1C1CCN(c2ccc([C@@H]3c4ccc(O)cc4CC[C@@H]3c3ccccc3)cc2)CC1. The van der Waals surface area contributed by atoms with Gasteiger partial charge in [-0.15, -0.1) is 0 Å². The molecule has 4 saturated heterocycles. The van der Waals surface area contributed by atoms with E-state index in [0.29, 0.717) is 42.3 Å². The molecule has 5 aliphatic heterocycles. The van der Waals surface area contributed by atoms with E-state index in [0.717, 1.165) is 75.2 Å². The number of nitrogens with one attached hydrogen (secondary N) is 1. The van der Waals surface area contributed by atoms with Gasteiger partial charge in [-0.1, -0.05) is 61.4 Å². The molecular formula is C57H71N7O4. The molecule has 1 unspecified atom stereocenters. The number of piperazine rings is 2. The Morgan fingerprint density at radius 3 is 2.07 bits per heavy atom. The number of imide groups is 1. The molecule has 6 atom stereocenters. The average molecular weight is 918 g/mol. The van der Waals surface area contributed by atoms with Crippen molar-refractivity contribution >= 4 is 29.1 Å². The first-order chi connectivity index (χ1) is 33.2. The van der Waals surface area contributed by atoms with Crippen LogP contribution in [0.4, 0.5) is 11.4 Å². The third-order valence-electron chi connectivity index (χ3n) is 17.4. The Balaban J connectivity index is 0.645. The summed E-state index contributed by atoms with van der Waals surface area (Å²) in [6.07, 6.45) is 10.6. The topological polar surface area (TPSA) is 103 Å². The second-order valence-corrected chi connectivity index (χ2v) is 21.4. The third-order valence-corrected chi connectivity index (χ3v) is 17.4. The minimum atomic E-state index is -0.581. The van der Waals surface area contributed by atoms with E-state index in [2.05, 4.69) is 110 Å². The van der Waals surface area contributed by atoms with Crippen molar-refractivity contribution in [1.29, 1.82) is 0 Å². The van der Waals surface area contributed by atoms with Gasteiger partial charge in [0.25, 0.3) is 5.91 Å². The van der Waals surface area contributed by atoms with Crippen LogP contribution in [0.1, 0.15) is 115 Å². The van der Waals surface area contributed by atoms with Gasteiger partial charge in [0.15, 0.2) is 0 Å². The Kier molecular flexibility index (Phi) is 13.1. The largest absolute Gasteiger partial charge is 0.508 e. The molecule has 68 heavy (non-hydrogen) atoms. The normalized spacial score (nSPS) is 27.8. The van der Waals surface area contributed by atoms with E-state index in [1.165, 1.54) is 99.2 Å². The van der Waals surface area contributed by atoms with Crippen molar-refractivity contribution in [1.82, 2.24) is 24.9 Å². The third kappa shape index (κ3) is 9.30. The predicted octanol–water partition coefficient (Wildman–Crippen LogP) is 7.62. The van der Waals surface area contributed by atoms with E-state index in [1.807, 2.05) is 18.2 Å². The summed E-state index contributed by atoms with van der Waals surface area (Å²) >= 11 is 0. The molecule has 2 aliphatic carbocycles. The number of amides is 3. The fourth-order valence-corrected chi connectivity index (χ4v) is 13.8. The van der Waals surface area contributed by atoms with Crippen LogP contribution >= 0.6 is 0 Å². The number of aryl methyl sites for hydroxylation is 1. The Hall–Kier alpha value is -5.23. The van der Waals surface area contributed by atoms with Crippen molar-refractivity contribution in [3.8, 4) is 5.75 Å². The molecule has 0 radical (unpaired) electrons. The number of rotatable bonds is 10. The molecule has 5 fully saturated rings. The summed E-state index contributed by atoms with van der Waals surface area (Å²) in [5.41, 5.74) is 9.56. The highest BCUT2D eigenvalue weighted by Gasteiger charge is 2.40. The zero-order valence-corrected chi connectivity index (χ0v) is 40.1. The number of fused-ring (bicyclic) bond motifs is 2. The van der Waals surface area contributed by atoms with Gasteiger partial charge in [-0.05, 0) is 140 Å². The Labute approximate surface area is 403 Å². The van der Waals surface area contributed by atoms with Crippen molar-refractivity contribution in [3.05, 3.63) is 124 Å². The van der Waals surface area contributed by atoms with Gasteiger partial charge in [0.1, 0.15) is 11.8 Å². The lowest BCUT2D eigenvalue weighted by Crippen LogP contribution is -2.58.